The van der Waals surface area contributed by atoms with Gasteiger partial charge in [-0.2, -0.15) is 5.10 Å². The molecule has 110 valence electrons. The van der Waals surface area contributed by atoms with Gasteiger partial charge in [0.05, 0.1) is 11.2 Å². The van der Waals surface area contributed by atoms with Crippen LogP contribution in [0.15, 0.2) is 24.3 Å². The van der Waals surface area contributed by atoms with Crippen LogP contribution in [0.4, 0.5) is 0 Å². The summed E-state index contributed by atoms with van der Waals surface area (Å²) in [6.07, 6.45) is 1.06. The standard InChI is InChI=1S/C16H25N3O/c1-16(2,9-10-20-4)12-17-11-14-13-7-5-6-8-15(13)19(3)18-14/h5-8,17H,9-12H2,1-4H3. The molecule has 0 unspecified atom stereocenters. The van der Waals surface area contributed by atoms with Crippen molar-refractivity contribution >= 4 is 10.9 Å². The number of aryl methyl sites for hydroxylation is 1. The van der Waals surface area contributed by atoms with Crippen molar-refractivity contribution in [2.24, 2.45) is 12.5 Å². The van der Waals surface area contributed by atoms with Crippen LogP contribution in [0.2, 0.25) is 0 Å². The molecule has 0 radical (unpaired) electrons. The number of nitrogens with one attached hydrogen (secondary N) is 1. The minimum atomic E-state index is 0.237. The number of hydrogen-bond donors (Lipinski definition) is 1. The van der Waals surface area contributed by atoms with Crippen LogP contribution in [-0.4, -0.2) is 30.0 Å². The molecule has 1 aromatic carbocycles. The lowest BCUT2D eigenvalue weighted by molar-refractivity contribution is 0.150. The molecule has 0 spiro atoms. The Morgan fingerprint density at radius 2 is 2.05 bits per heavy atom. The second kappa shape index (κ2) is 6.37. The fourth-order valence-corrected chi connectivity index (χ4v) is 2.41. The summed E-state index contributed by atoms with van der Waals surface area (Å²) in [6.45, 7) is 7.09. The second-order valence-corrected chi connectivity index (χ2v) is 6.10. The van der Waals surface area contributed by atoms with Gasteiger partial charge in [-0.05, 0) is 17.9 Å². The summed E-state index contributed by atoms with van der Waals surface area (Å²) in [7, 11) is 3.75. The predicted molar refractivity (Wildman–Crippen MR) is 82.7 cm³/mol. The van der Waals surface area contributed by atoms with Gasteiger partial charge in [0.1, 0.15) is 0 Å². The van der Waals surface area contributed by atoms with Gasteiger partial charge in [-0.15, -0.1) is 0 Å². The van der Waals surface area contributed by atoms with E-state index in [2.05, 4.69) is 48.5 Å². The van der Waals surface area contributed by atoms with E-state index in [1.807, 2.05) is 11.7 Å². The topological polar surface area (TPSA) is 39.1 Å². The molecule has 0 fully saturated rings. The smallest absolute Gasteiger partial charge is 0.0841 e. The molecule has 0 atom stereocenters. The van der Waals surface area contributed by atoms with Crippen LogP contribution in [0.5, 0.6) is 0 Å². The lowest BCUT2D eigenvalue weighted by Gasteiger charge is -2.24. The van der Waals surface area contributed by atoms with Gasteiger partial charge in [0, 0.05) is 39.2 Å². The second-order valence-electron chi connectivity index (χ2n) is 6.10. The molecule has 2 aromatic rings. The maximum atomic E-state index is 5.16. The average molecular weight is 275 g/mol. The van der Waals surface area contributed by atoms with Crippen LogP contribution in [0.1, 0.15) is 26.0 Å². The van der Waals surface area contributed by atoms with Gasteiger partial charge < -0.3 is 10.1 Å². The van der Waals surface area contributed by atoms with Crippen LogP contribution >= 0.6 is 0 Å². The highest BCUT2D eigenvalue weighted by Crippen LogP contribution is 2.20. The number of aromatic nitrogens is 2. The fourth-order valence-electron chi connectivity index (χ4n) is 2.41. The first kappa shape index (κ1) is 15.0. The number of hydrogen-bond acceptors (Lipinski definition) is 3. The Morgan fingerprint density at radius 3 is 2.80 bits per heavy atom. The van der Waals surface area contributed by atoms with E-state index < -0.39 is 0 Å². The Bertz CT molecular complexity index is 560. The Balaban J connectivity index is 1.96. The van der Waals surface area contributed by atoms with Crippen molar-refractivity contribution in [3.05, 3.63) is 30.0 Å². The van der Waals surface area contributed by atoms with Gasteiger partial charge in [0.25, 0.3) is 0 Å². The summed E-state index contributed by atoms with van der Waals surface area (Å²) in [5, 5.41) is 9.36. The first-order chi connectivity index (χ1) is 9.53. The first-order valence-electron chi connectivity index (χ1n) is 7.14. The first-order valence-corrected chi connectivity index (χ1v) is 7.14. The number of rotatable bonds is 7. The minimum Gasteiger partial charge on any atom is -0.385 e. The quantitative estimate of drug-likeness (QED) is 0.844. The van der Waals surface area contributed by atoms with Gasteiger partial charge in [0.2, 0.25) is 0 Å². The maximum Gasteiger partial charge on any atom is 0.0841 e. The Kier molecular flexibility index (Phi) is 4.78. The third kappa shape index (κ3) is 3.58. The highest BCUT2D eigenvalue weighted by atomic mass is 16.5. The summed E-state index contributed by atoms with van der Waals surface area (Å²) in [6, 6.07) is 8.36. The summed E-state index contributed by atoms with van der Waals surface area (Å²) in [5.41, 5.74) is 2.54. The average Bonchev–Trinajstić information content (AvgIpc) is 2.74. The van der Waals surface area contributed by atoms with Gasteiger partial charge in [0.15, 0.2) is 0 Å². The van der Waals surface area contributed by atoms with E-state index in [-0.39, 0.29) is 5.41 Å². The van der Waals surface area contributed by atoms with Gasteiger partial charge >= 0.3 is 0 Å². The van der Waals surface area contributed by atoms with E-state index in [4.69, 9.17) is 4.74 Å². The molecule has 0 aliphatic rings. The third-order valence-electron chi connectivity index (χ3n) is 3.71. The van der Waals surface area contributed by atoms with Crippen LogP contribution in [0.25, 0.3) is 10.9 Å². The zero-order valence-electron chi connectivity index (χ0n) is 12.9. The molecule has 4 heteroatoms. The highest BCUT2D eigenvalue weighted by Gasteiger charge is 2.17. The molecule has 1 heterocycles. The van der Waals surface area contributed by atoms with Gasteiger partial charge in [-0.3, -0.25) is 4.68 Å². The molecule has 0 bridgehead atoms. The summed E-state index contributed by atoms with van der Waals surface area (Å²) in [5.74, 6) is 0. The van der Waals surface area contributed by atoms with Crippen LogP contribution in [0, 0.1) is 5.41 Å². The monoisotopic (exact) mass is 275 g/mol. The number of nitrogens with zero attached hydrogens (tertiary/aromatic N) is 2. The van der Waals surface area contributed by atoms with E-state index in [1.54, 1.807) is 7.11 Å². The van der Waals surface area contributed by atoms with Crippen molar-refractivity contribution in [2.75, 3.05) is 20.3 Å². The van der Waals surface area contributed by atoms with Crippen LogP contribution in [-0.2, 0) is 18.3 Å². The lowest BCUT2D eigenvalue weighted by atomic mass is 9.90. The molecule has 0 aliphatic heterocycles. The molecular formula is C16H25N3O. The summed E-state index contributed by atoms with van der Waals surface area (Å²) < 4.78 is 7.11. The van der Waals surface area contributed by atoms with Crippen molar-refractivity contribution in [3.8, 4) is 0 Å². The van der Waals surface area contributed by atoms with Gasteiger partial charge in [-0.25, -0.2) is 0 Å². The summed E-state index contributed by atoms with van der Waals surface area (Å²) >= 11 is 0. The molecular weight excluding hydrogens is 250 g/mol. The number of para-hydroxylation sites is 1. The van der Waals surface area contributed by atoms with Crippen molar-refractivity contribution in [1.29, 1.82) is 0 Å². The number of ether oxygens (including phenoxy) is 1. The van der Waals surface area contributed by atoms with Crippen molar-refractivity contribution in [1.82, 2.24) is 15.1 Å². The SMILES string of the molecule is COCCC(C)(C)CNCc1nn(C)c2ccccc12. The highest BCUT2D eigenvalue weighted by molar-refractivity contribution is 5.81. The number of methoxy groups -OCH3 is 1. The van der Waals surface area contributed by atoms with Crippen LogP contribution in [0.3, 0.4) is 0 Å². The molecule has 0 saturated heterocycles. The molecule has 2 rings (SSSR count). The molecule has 0 saturated carbocycles. The van der Waals surface area contributed by atoms with E-state index in [9.17, 15) is 0 Å². The summed E-state index contributed by atoms with van der Waals surface area (Å²) in [4.78, 5) is 0. The van der Waals surface area contributed by atoms with Crippen molar-refractivity contribution in [3.63, 3.8) is 0 Å². The van der Waals surface area contributed by atoms with Crippen molar-refractivity contribution < 1.29 is 4.74 Å². The van der Waals surface area contributed by atoms with Gasteiger partial charge in [-0.1, -0.05) is 32.0 Å². The van der Waals surface area contributed by atoms with E-state index in [0.717, 1.165) is 31.8 Å². The molecule has 20 heavy (non-hydrogen) atoms. The molecule has 4 nitrogen and oxygen atoms in total. The Hall–Kier alpha value is -1.39. The largest absolute Gasteiger partial charge is 0.385 e. The van der Waals surface area contributed by atoms with E-state index in [1.165, 1.54) is 10.9 Å². The normalized spacial score (nSPS) is 12.2. The van der Waals surface area contributed by atoms with Crippen LogP contribution < -0.4 is 5.32 Å². The molecule has 1 N–H and O–H groups in total. The third-order valence-corrected chi connectivity index (χ3v) is 3.71. The zero-order chi connectivity index (χ0) is 14.6. The molecule has 0 amide bonds. The predicted octanol–water partition coefficient (Wildman–Crippen LogP) is 2.73. The zero-order valence-corrected chi connectivity index (χ0v) is 12.9. The Labute approximate surface area is 121 Å². The van der Waals surface area contributed by atoms with Crippen molar-refractivity contribution in [2.45, 2.75) is 26.8 Å². The molecule has 0 aliphatic carbocycles. The Morgan fingerprint density at radius 1 is 1.30 bits per heavy atom. The minimum absolute atomic E-state index is 0.237. The number of fused-ring (bicyclic) bond motifs is 1. The number of benzene rings is 1. The maximum absolute atomic E-state index is 5.16. The van der Waals surface area contributed by atoms with E-state index in [0.29, 0.717) is 0 Å². The lowest BCUT2D eigenvalue weighted by Crippen LogP contribution is -2.30. The van der Waals surface area contributed by atoms with E-state index >= 15 is 0 Å². The molecule has 1 aromatic heterocycles. The fraction of sp³-hybridized carbons (Fsp3) is 0.562.